The van der Waals surface area contributed by atoms with Crippen LogP contribution < -0.4 is 5.32 Å². The lowest BCUT2D eigenvalue weighted by atomic mass is 10.2. The second kappa shape index (κ2) is 6.28. The van der Waals surface area contributed by atoms with Crippen LogP contribution >= 0.6 is 0 Å². The number of hydrogen-bond acceptors (Lipinski definition) is 6. The first kappa shape index (κ1) is 16.8. The molecule has 0 amide bonds. The van der Waals surface area contributed by atoms with E-state index in [0.29, 0.717) is 4.57 Å². The van der Waals surface area contributed by atoms with Crippen molar-refractivity contribution in [2.24, 2.45) is 0 Å². The van der Waals surface area contributed by atoms with Crippen LogP contribution in [0, 0.1) is 10.1 Å². The third kappa shape index (κ3) is 3.80. The number of sulfone groups is 1. The van der Waals surface area contributed by atoms with Crippen LogP contribution in [0.15, 0.2) is 35.5 Å². The average molecular weight is 346 g/mol. The van der Waals surface area contributed by atoms with Crippen molar-refractivity contribution in [3.63, 3.8) is 0 Å². The Morgan fingerprint density at radius 3 is 2.70 bits per heavy atom. The number of benzene rings is 1. The summed E-state index contributed by atoms with van der Waals surface area (Å²) in [4.78, 5) is 13.8. The number of halogens is 2. The summed E-state index contributed by atoms with van der Waals surface area (Å²) in [5.41, 5.74) is -0.464. The van der Waals surface area contributed by atoms with E-state index in [1.54, 1.807) is 0 Å². The highest BCUT2D eigenvalue weighted by Gasteiger charge is 2.19. The Kier molecular flexibility index (Phi) is 4.59. The zero-order valence-electron chi connectivity index (χ0n) is 11.8. The van der Waals surface area contributed by atoms with Crippen molar-refractivity contribution in [3.05, 3.63) is 46.5 Å². The van der Waals surface area contributed by atoms with Crippen LogP contribution in [0.25, 0.3) is 0 Å². The van der Waals surface area contributed by atoms with Crippen molar-refractivity contribution >= 4 is 21.2 Å². The number of nitro groups is 1. The maximum atomic E-state index is 12.7. The van der Waals surface area contributed by atoms with Gasteiger partial charge in [0.15, 0.2) is 9.84 Å². The van der Waals surface area contributed by atoms with Gasteiger partial charge in [-0.25, -0.2) is 13.4 Å². The minimum atomic E-state index is -3.60. The van der Waals surface area contributed by atoms with Gasteiger partial charge < -0.3 is 5.32 Å². The lowest BCUT2D eigenvalue weighted by Crippen LogP contribution is -2.10. The van der Waals surface area contributed by atoms with Gasteiger partial charge in [-0.3, -0.25) is 14.7 Å². The van der Waals surface area contributed by atoms with Gasteiger partial charge >= 0.3 is 6.55 Å². The number of aromatic nitrogens is 2. The monoisotopic (exact) mass is 346 g/mol. The average Bonchev–Trinajstić information content (AvgIpc) is 2.92. The molecule has 0 fully saturated rings. The molecule has 23 heavy (non-hydrogen) atoms. The zero-order chi connectivity index (χ0) is 17.2. The van der Waals surface area contributed by atoms with E-state index < -0.39 is 27.0 Å². The quantitative estimate of drug-likeness (QED) is 0.635. The van der Waals surface area contributed by atoms with E-state index in [9.17, 15) is 27.3 Å². The van der Waals surface area contributed by atoms with Crippen molar-refractivity contribution in [3.8, 4) is 0 Å². The predicted molar refractivity (Wildman–Crippen MR) is 77.0 cm³/mol. The van der Waals surface area contributed by atoms with E-state index in [2.05, 4.69) is 10.3 Å². The lowest BCUT2D eigenvalue weighted by molar-refractivity contribution is -0.384. The molecule has 0 aliphatic heterocycles. The van der Waals surface area contributed by atoms with Gasteiger partial charge in [0.05, 0.1) is 16.4 Å². The second-order valence-electron chi connectivity index (χ2n) is 4.59. The van der Waals surface area contributed by atoms with Gasteiger partial charge in [-0.05, 0) is 12.1 Å². The number of alkyl halides is 2. The standard InChI is InChI=1S/C12H12F2N4O4S/c1-23(21,22)8-2-3-9(10(6-8)18(19)20)16-7-11-15-4-5-17(11)12(13)14/h2-6,12,16H,7H2,1H3. The van der Waals surface area contributed by atoms with Crippen molar-refractivity contribution < 1.29 is 22.1 Å². The normalized spacial score (nSPS) is 11.7. The molecule has 1 aromatic heterocycles. The molecule has 8 nitrogen and oxygen atoms in total. The van der Waals surface area contributed by atoms with Gasteiger partial charge in [0.25, 0.3) is 5.69 Å². The molecule has 0 saturated carbocycles. The predicted octanol–water partition coefficient (Wildman–Crippen LogP) is 2.20. The van der Waals surface area contributed by atoms with Crippen molar-refractivity contribution in [2.75, 3.05) is 11.6 Å². The Balaban J connectivity index is 2.29. The molecule has 0 atom stereocenters. The summed E-state index contributed by atoms with van der Waals surface area (Å²) in [6.07, 6.45) is 3.20. The highest BCUT2D eigenvalue weighted by atomic mass is 32.2. The molecular weight excluding hydrogens is 334 g/mol. The van der Waals surface area contributed by atoms with Gasteiger partial charge in [-0.2, -0.15) is 8.78 Å². The zero-order valence-corrected chi connectivity index (χ0v) is 12.6. The van der Waals surface area contributed by atoms with Gasteiger partial charge in [0, 0.05) is 24.7 Å². The van der Waals surface area contributed by atoms with Crippen LogP contribution in [-0.2, 0) is 16.4 Å². The molecule has 0 saturated heterocycles. The van der Waals surface area contributed by atoms with E-state index in [-0.39, 0.29) is 23.0 Å². The molecule has 0 radical (unpaired) electrons. The van der Waals surface area contributed by atoms with Crippen LogP contribution in [0.4, 0.5) is 20.2 Å². The summed E-state index contributed by atoms with van der Waals surface area (Å²) in [5, 5.41) is 13.7. The SMILES string of the molecule is CS(=O)(=O)c1ccc(NCc2nccn2C(F)F)c([N+](=O)[O-])c1. The fourth-order valence-corrected chi connectivity index (χ4v) is 2.52. The van der Waals surface area contributed by atoms with Gasteiger partial charge in [-0.1, -0.05) is 0 Å². The number of anilines is 1. The number of nitrogens with one attached hydrogen (secondary N) is 1. The molecule has 1 N–H and O–H groups in total. The van der Waals surface area contributed by atoms with Crippen molar-refractivity contribution in [2.45, 2.75) is 18.0 Å². The third-order valence-electron chi connectivity index (χ3n) is 2.99. The summed E-state index contributed by atoms with van der Waals surface area (Å²) in [7, 11) is -3.60. The molecule has 1 aromatic carbocycles. The maximum Gasteiger partial charge on any atom is 0.319 e. The molecule has 0 aliphatic rings. The minimum Gasteiger partial charge on any atom is -0.372 e. The highest BCUT2D eigenvalue weighted by Crippen LogP contribution is 2.28. The Morgan fingerprint density at radius 1 is 1.43 bits per heavy atom. The summed E-state index contributed by atoms with van der Waals surface area (Å²) in [5.74, 6) is -0.0125. The maximum absolute atomic E-state index is 12.7. The molecule has 11 heteroatoms. The Labute approximate surface area is 129 Å². The molecular formula is C12H12F2N4O4S. The number of rotatable bonds is 6. The molecule has 2 aromatic rings. The summed E-state index contributed by atoms with van der Waals surface area (Å²) in [6, 6.07) is 3.33. The van der Waals surface area contributed by atoms with Crippen LogP contribution in [-0.4, -0.2) is 29.1 Å². The van der Waals surface area contributed by atoms with E-state index in [1.165, 1.54) is 18.3 Å². The lowest BCUT2D eigenvalue weighted by Gasteiger charge is -2.10. The van der Waals surface area contributed by atoms with E-state index in [1.807, 2.05) is 0 Å². The number of hydrogen-bond donors (Lipinski definition) is 1. The number of nitro benzene ring substituents is 1. The Bertz CT molecular complexity index is 835. The smallest absolute Gasteiger partial charge is 0.319 e. The van der Waals surface area contributed by atoms with Gasteiger partial charge in [-0.15, -0.1) is 0 Å². The summed E-state index contributed by atoms with van der Waals surface area (Å²) >= 11 is 0. The van der Waals surface area contributed by atoms with Crippen LogP contribution in [0.3, 0.4) is 0 Å². The highest BCUT2D eigenvalue weighted by molar-refractivity contribution is 7.90. The molecule has 0 aliphatic carbocycles. The molecule has 0 unspecified atom stereocenters. The van der Waals surface area contributed by atoms with Gasteiger partial charge in [0.1, 0.15) is 11.5 Å². The van der Waals surface area contributed by atoms with E-state index in [4.69, 9.17) is 0 Å². The molecule has 124 valence electrons. The fraction of sp³-hybridized carbons (Fsp3) is 0.250. The van der Waals surface area contributed by atoms with E-state index >= 15 is 0 Å². The number of imidazole rings is 1. The minimum absolute atomic E-state index is 0.00576. The topological polar surface area (TPSA) is 107 Å². The fourth-order valence-electron chi connectivity index (χ4n) is 1.88. The Morgan fingerprint density at radius 2 is 2.13 bits per heavy atom. The second-order valence-corrected chi connectivity index (χ2v) is 6.61. The van der Waals surface area contributed by atoms with Crippen molar-refractivity contribution in [1.82, 2.24) is 9.55 Å². The Hall–Kier alpha value is -2.56. The first-order chi connectivity index (χ1) is 10.7. The summed E-state index contributed by atoms with van der Waals surface area (Å²) in [6.45, 7) is -2.96. The van der Waals surface area contributed by atoms with Crippen LogP contribution in [0.1, 0.15) is 12.4 Å². The molecule has 0 bridgehead atoms. The molecule has 2 rings (SSSR count). The van der Waals surface area contributed by atoms with Crippen LogP contribution in [0.2, 0.25) is 0 Å². The summed E-state index contributed by atoms with van der Waals surface area (Å²) < 4.78 is 48.9. The van der Waals surface area contributed by atoms with Crippen molar-refractivity contribution in [1.29, 1.82) is 0 Å². The largest absolute Gasteiger partial charge is 0.372 e. The van der Waals surface area contributed by atoms with E-state index in [0.717, 1.165) is 18.5 Å². The third-order valence-corrected chi connectivity index (χ3v) is 4.10. The first-order valence-corrected chi connectivity index (χ1v) is 8.11. The molecule has 1 heterocycles. The molecule has 0 spiro atoms. The number of nitrogens with zero attached hydrogens (tertiary/aromatic N) is 3. The first-order valence-electron chi connectivity index (χ1n) is 6.22. The van der Waals surface area contributed by atoms with Crippen LogP contribution in [0.5, 0.6) is 0 Å². The van der Waals surface area contributed by atoms with Gasteiger partial charge in [0.2, 0.25) is 0 Å².